The number of halogens is 1. The van der Waals surface area contributed by atoms with E-state index >= 15 is 0 Å². The summed E-state index contributed by atoms with van der Waals surface area (Å²) in [6, 6.07) is 19.8. The van der Waals surface area contributed by atoms with Crippen LogP contribution in [0.3, 0.4) is 0 Å². The number of hydrogen-bond acceptors (Lipinski definition) is 4. The zero-order valence-corrected chi connectivity index (χ0v) is 20.7. The van der Waals surface area contributed by atoms with Crippen LogP contribution in [0.15, 0.2) is 65.8 Å². The van der Waals surface area contributed by atoms with Gasteiger partial charge >= 0.3 is 0 Å². The molecule has 0 aliphatic rings. The van der Waals surface area contributed by atoms with Gasteiger partial charge in [-0.25, -0.2) is 5.43 Å². The van der Waals surface area contributed by atoms with Crippen molar-refractivity contribution < 1.29 is 14.3 Å². The monoisotopic (exact) mass is 542 g/mol. The minimum Gasteiger partial charge on any atom is -0.490 e. The van der Waals surface area contributed by atoms with E-state index in [1.807, 2.05) is 74.5 Å². The van der Waals surface area contributed by atoms with Gasteiger partial charge in [0.15, 0.2) is 11.5 Å². The minimum atomic E-state index is -0.160. The smallest absolute Gasteiger partial charge is 0.244 e. The van der Waals surface area contributed by atoms with Gasteiger partial charge < -0.3 is 9.47 Å². The van der Waals surface area contributed by atoms with Gasteiger partial charge in [-0.1, -0.05) is 48.5 Å². The van der Waals surface area contributed by atoms with Crippen molar-refractivity contribution in [3.05, 3.63) is 92.1 Å². The third kappa shape index (κ3) is 6.82. The Balaban J connectivity index is 1.65. The number of aryl methyl sites for hydroxylation is 2. The first-order valence-corrected chi connectivity index (χ1v) is 11.5. The Hall–Kier alpha value is -2.87. The quantitative estimate of drug-likeness (QED) is 0.218. The Labute approximate surface area is 203 Å². The van der Waals surface area contributed by atoms with Crippen molar-refractivity contribution in [2.75, 3.05) is 6.61 Å². The fraction of sp³-hybridized carbons (Fsp3) is 0.231. The number of carbonyl (C=O) groups is 1. The van der Waals surface area contributed by atoms with Crippen molar-refractivity contribution in [1.29, 1.82) is 0 Å². The third-order valence-corrected chi connectivity index (χ3v) is 5.70. The highest BCUT2D eigenvalue weighted by Crippen LogP contribution is 2.34. The molecule has 32 heavy (non-hydrogen) atoms. The molecule has 0 aliphatic carbocycles. The summed E-state index contributed by atoms with van der Waals surface area (Å²) in [5.74, 6) is 1.19. The zero-order chi connectivity index (χ0) is 22.9. The Kier molecular flexibility index (Phi) is 8.67. The van der Waals surface area contributed by atoms with Crippen molar-refractivity contribution in [2.45, 2.75) is 33.8 Å². The van der Waals surface area contributed by atoms with Crippen LogP contribution in [0.4, 0.5) is 0 Å². The predicted molar refractivity (Wildman–Crippen MR) is 136 cm³/mol. The maximum atomic E-state index is 12.2. The molecule has 1 amide bonds. The summed E-state index contributed by atoms with van der Waals surface area (Å²) in [5.41, 5.74) is 7.85. The summed E-state index contributed by atoms with van der Waals surface area (Å²) < 4.78 is 12.7. The summed E-state index contributed by atoms with van der Waals surface area (Å²) in [7, 11) is 0. The largest absolute Gasteiger partial charge is 0.490 e. The number of hydrazone groups is 1. The Morgan fingerprint density at radius 3 is 2.50 bits per heavy atom. The van der Waals surface area contributed by atoms with Crippen molar-refractivity contribution in [3.8, 4) is 11.5 Å². The molecule has 0 fully saturated rings. The molecule has 166 valence electrons. The first-order valence-electron chi connectivity index (χ1n) is 10.5. The number of hydrogen-bond donors (Lipinski definition) is 1. The number of nitrogens with zero attached hydrogens (tertiary/aromatic N) is 1. The molecule has 0 atom stereocenters. The number of amides is 1. The Morgan fingerprint density at radius 1 is 1.00 bits per heavy atom. The second-order valence-corrected chi connectivity index (χ2v) is 8.59. The van der Waals surface area contributed by atoms with Gasteiger partial charge in [0, 0.05) is 0 Å². The van der Waals surface area contributed by atoms with Crippen molar-refractivity contribution in [1.82, 2.24) is 5.43 Å². The van der Waals surface area contributed by atoms with E-state index in [1.165, 1.54) is 11.1 Å². The number of ether oxygens (including phenoxy) is 2. The topological polar surface area (TPSA) is 59.9 Å². The maximum Gasteiger partial charge on any atom is 0.244 e. The predicted octanol–water partition coefficient (Wildman–Crippen LogP) is 5.58. The molecule has 0 unspecified atom stereocenters. The van der Waals surface area contributed by atoms with E-state index in [2.05, 4.69) is 40.0 Å². The highest BCUT2D eigenvalue weighted by Gasteiger charge is 2.12. The fourth-order valence-electron chi connectivity index (χ4n) is 3.11. The summed E-state index contributed by atoms with van der Waals surface area (Å²) in [5, 5.41) is 4.12. The molecule has 0 spiro atoms. The van der Waals surface area contributed by atoms with Crippen LogP contribution in [0.1, 0.15) is 34.7 Å². The molecule has 0 saturated carbocycles. The van der Waals surface area contributed by atoms with Crippen molar-refractivity contribution in [3.63, 3.8) is 0 Å². The average Bonchev–Trinajstić information content (AvgIpc) is 2.77. The summed E-state index contributed by atoms with van der Waals surface area (Å²) in [4.78, 5) is 12.2. The number of nitrogens with one attached hydrogen (secondary N) is 1. The van der Waals surface area contributed by atoms with Gasteiger partial charge in [-0.2, -0.15) is 5.10 Å². The van der Waals surface area contributed by atoms with Gasteiger partial charge in [-0.15, -0.1) is 0 Å². The molecule has 5 nitrogen and oxygen atoms in total. The van der Waals surface area contributed by atoms with Crippen LogP contribution in [0.2, 0.25) is 0 Å². The fourth-order valence-corrected chi connectivity index (χ4v) is 3.89. The van der Waals surface area contributed by atoms with Crippen LogP contribution in [0.25, 0.3) is 0 Å². The van der Waals surface area contributed by atoms with E-state index in [0.29, 0.717) is 24.7 Å². The van der Waals surface area contributed by atoms with Gasteiger partial charge in [0.2, 0.25) is 5.91 Å². The number of benzene rings is 3. The van der Waals surface area contributed by atoms with Gasteiger partial charge in [-0.3, -0.25) is 4.79 Å². The highest BCUT2D eigenvalue weighted by molar-refractivity contribution is 14.1. The molecule has 6 heteroatoms. The third-order valence-electron chi connectivity index (χ3n) is 4.90. The lowest BCUT2D eigenvalue weighted by Crippen LogP contribution is -2.19. The van der Waals surface area contributed by atoms with Crippen LogP contribution >= 0.6 is 22.6 Å². The van der Waals surface area contributed by atoms with Gasteiger partial charge in [0.25, 0.3) is 0 Å². The van der Waals surface area contributed by atoms with Crippen LogP contribution in [-0.4, -0.2) is 18.7 Å². The van der Waals surface area contributed by atoms with Crippen LogP contribution < -0.4 is 14.9 Å². The minimum absolute atomic E-state index is 0.160. The van der Waals surface area contributed by atoms with Gasteiger partial charge in [-0.05, 0) is 83.3 Å². The summed E-state index contributed by atoms with van der Waals surface area (Å²) >= 11 is 2.23. The van der Waals surface area contributed by atoms with E-state index in [4.69, 9.17) is 9.47 Å². The van der Waals surface area contributed by atoms with Crippen molar-refractivity contribution in [2.24, 2.45) is 5.10 Å². The molecular weight excluding hydrogens is 515 g/mol. The first-order chi connectivity index (χ1) is 15.5. The van der Waals surface area contributed by atoms with E-state index in [1.54, 1.807) is 6.21 Å². The maximum absolute atomic E-state index is 12.2. The molecule has 3 aromatic carbocycles. The normalized spacial score (nSPS) is 10.9. The van der Waals surface area contributed by atoms with E-state index in [0.717, 1.165) is 20.3 Å². The van der Waals surface area contributed by atoms with E-state index < -0.39 is 0 Å². The molecule has 3 rings (SSSR count). The lowest BCUT2D eigenvalue weighted by atomic mass is 10.0. The molecule has 1 N–H and O–H groups in total. The molecule has 0 heterocycles. The Morgan fingerprint density at radius 2 is 1.78 bits per heavy atom. The molecule has 0 saturated heterocycles. The molecule has 0 aromatic heterocycles. The number of carbonyl (C=O) groups excluding carboxylic acids is 1. The standard InChI is InChI=1S/C26H27IN2O3/c1-4-31-24-14-22(13-23(27)26(24)32-17-20-8-6-5-7-9-20)16-28-29-25(30)15-21-11-10-18(2)19(3)12-21/h5-14,16H,4,15,17H2,1-3H3,(H,29,30)/b28-16-. The molecular formula is C26H27IN2O3. The SMILES string of the molecule is CCOc1cc(/C=N\NC(=O)Cc2ccc(C)c(C)c2)cc(I)c1OCc1ccccc1. The lowest BCUT2D eigenvalue weighted by Gasteiger charge is -2.14. The average molecular weight is 542 g/mol. The molecule has 0 bridgehead atoms. The van der Waals surface area contributed by atoms with Crippen LogP contribution in [0, 0.1) is 17.4 Å². The van der Waals surface area contributed by atoms with Crippen LogP contribution in [0.5, 0.6) is 11.5 Å². The Bertz CT molecular complexity index is 1100. The number of rotatable bonds is 9. The molecule has 0 radical (unpaired) electrons. The van der Waals surface area contributed by atoms with Crippen LogP contribution in [-0.2, 0) is 17.8 Å². The van der Waals surface area contributed by atoms with Gasteiger partial charge in [0.1, 0.15) is 6.61 Å². The summed E-state index contributed by atoms with van der Waals surface area (Å²) in [6.07, 6.45) is 1.90. The van der Waals surface area contributed by atoms with E-state index in [9.17, 15) is 4.79 Å². The second kappa shape index (κ2) is 11.7. The van der Waals surface area contributed by atoms with Gasteiger partial charge in [0.05, 0.1) is 22.8 Å². The first kappa shape index (κ1) is 23.8. The summed E-state index contributed by atoms with van der Waals surface area (Å²) in [6.45, 7) is 7.00. The van der Waals surface area contributed by atoms with E-state index in [-0.39, 0.29) is 12.3 Å². The van der Waals surface area contributed by atoms with Crippen molar-refractivity contribution >= 4 is 34.7 Å². The zero-order valence-electron chi connectivity index (χ0n) is 18.5. The second-order valence-electron chi connectivity index (χ2n) is 7.43. The molecule has 0 aliphatic heterocycles. The highest BCUT2D eigenvalue weighted by atomic mass is 127. The molecule has 3 aromatic rings. The lowest BCUT2D eigenvalue weighted by molar-refractivity contribution is -0.120.